The number of ether oxygens (including phenoxy) is 2. The van der Waals surface area contributed by atoms with Crippen LogP contribution in [0.4, 0.5) is 30.5 Å². The summed E-state index contributed by atoms with van der Waals surface area (Å²) < 4.78 is 54.5. The van der Waals surface area contributed by atoms with Crippen molar-refractivity contribution in [3.05, 3.63) is 41.2 Å². The van der Waals surface area contributed by atoms with Crippen molar-refractivity contribution in [1.82, 2.24) is 20.0 Å². The van der Waals surface area contributed by atoms with Gasteiger partial charge in [-0.15, -0.1) is 13.2 Å². The molecule has 0 atom stereocenters. The lowest BCUT2D eigenvalue weighted by molar-refractivity contribution is -0.274. The summed E-state index contributed by atoms with van der Waals surface area (Å²) in [5, 5.41) is 6.69. The molecule has 1 aromatic carbocycles. The lowest BCUT2D eigenvalue weighted by Gasteiger charge is -2.34. The maximum absolute atomic E-state index is 13.2. The summed E-state index contributed by atoms with van der Waals surface area (Å²) in [6, 6.07) is 4.60. The predicted octanol–water partition coefficient (Wildman–Crippen LogP) is 4.83. The number of nitrogens with zero attached hydrogens (tertiary/aromatic N) is 5. The smallest absolute Gasteiger partial charge is 0.461 e. The summed E-state index contributed by atoms with van der Waals surface area (Å²) in [7, 11) is 2.00. The zero-order valence-corrected chi connectivity index (χ0v) is 22.3. The highest BCUT2D eigenvalue weighted by atomic mass is 19.4. The Labute approximate surface area is 224 Å². The molecule has 0 radical (unpaired) electrons. The van der Waals surface area contributed by atoms with Crippen LogP contribution in [0.15, 0.2) is 28.9 Å². The number of hydrogen-bond donors (Lipinski definition) is 1. The van der Waals surface area contributed by atoms with Crippen LogP contribution in [0, 0.1) is 0 Å². The molecule has 1 saturated heterocycles. The molecule has 210 valence electrons. The topological polar surface area (TPSA) is 106 Å². The number of anilines is 3. The van der Waals surface area contributed by atoms with Gasteiger partial charge in [-0.3, -0.25) is 0 Å². The van der Waals surface area contributed by atoms with Gasteiger partial charge in [-0.2, -0.15) is 0 Å². The van der Waals surface area contributed by atoms with Crippen LogP contribution in [0.5, 0.6) is 5.75 Å². The molecule has 1 N–H and O–H groups in total. The van der Waals surface area contributed by atoms with Gasteiger partial charge in [0, 0.05) is 55.3 Å². The Bertz CT molecular complexity index is 1310. The number of fused-ring (bicyclic) bond motifs is 3. The number of benzene rings is 1. The van der Waals surface area contributed by atoms with Crippen LogP contribution in [0.1, 0.15) is 42.4 Å². The average Bonchev–Trinajstić information content (AvgIpc) is 3.36. The van der Waals surface area contributed by atoms with E-state index in [0.29, 0.717) is 48.6 Å². The molecule has 0 spiro atoms. The standard InChI is InChI=1S/C24H25F3N6O4.C2H6/c1-3-35-22(34)20-16-6-4-14-13-28-23(30-19(14)21(16)37-31-20)29-17-7-5-15(12-18(17)36-24(25,26)27)33-10-8-32(2)9-11-33;1-2/h5,7,12-13H,3-4,6,8-11H2,1-2H3,(H,28,29,30);1-2H3. The maximum atomic E-state index is 13.2. The van der Waals surface area contributed by atoms with Crippen LogP contribution in [0.25, 0.3) is 11.5 Å². The van der Waals surface area contributed by atoms with Gasteiger partial charge in [0.05, 0.1) is 12.3 Å². The summed E-state index contributed by atoms with van der Waals surface area (Å²) in [6.45, 7) is 8.88. The highest BCUT2D eigenvalue weighted by Gasteiger charge is 2.33. The molecule has 1 fully saturated rings. The molecule has 5 rings (SSSR count). The first kappa shape index (κ1) is 28.1. The number of esters is 1. The van der Waals surface area contributed by atoms with E-state index in [2.05, 4.69) is 30.1 Å². The predicted molar refractivity (Wildman–Crippen MR) is 138 cm³/mol. The van der Waals surface area contributed by atoms with Crippen molar-refractivity contribution in [1.29, 1.82) is 0 Å². The second-order valence-electron chi connectivity index (χ2n) is 8.77. The minimum absolute atomic E-state index is 0.0417. The van der Waals surface area contributed by atoms with E-state index in [0.717, 1.165) is 18.7 Å². The van der Waals surface area contributed by atoms with E-state index in [1.54, 1.807) is 19.2 Å². The fourth-order valence-electron chi connectivity index (χ4n) is 4.40. The third-order valence-electron chi connectivity index (χ3n) is 6.29. The van der Waals surface area contributed by atoms with E-state index < -0.39 is 18.1 Å². The number of likely N-dealkylation sites (N-methyl/N-ethyl adjacent to an activating group) is 1. The SMILES string of the molecule is CC.CCOC(=O)c1noc2c1CCc1cnc(Nc3ccc(N4CCN(C)CC4)cc3OC(F)(F)F)nc1-2. The molecule has 3 heterocycles. The van der Waals surface area contributed by atoms with E-state index >= 15 is 0 Å². The lowest BCUT2D eigenvalue weighted by Crippen LogP contribution is -2.44. The number of alkyl halides is 3. The van der Waals surface area contributed by atoms with Gasteiger partial charge in [0.15, 0.2) is 17.2 Å². The molecule has 0 saturated carbocycles. The number of aromatic nitrogens is 3. The van der Waals surface area contributed by atoms with Crippen molar-refractivity contribution in [2.45, 2.75) is 40.0 Å². The first-order valence-corrected chi connectivity index (χ1v) is 12.8. The van der Waals surface area contributed by atoms with Crippen molar-refractivity contribution >= 4 is 23.3 Å². The summed E-state index contributed by atoms with van der Waals surface area (Å²) in [6.07, 6.45) is -2.28. The molecule has 3 aromatic rings. The summed E-state index contributed by atoms with van der Waals surface area (Å²) >= 11 is 0. The molecular weight excluding hydrogens is 517 g/mol. The van der Waals surface area contributed by atoms with E-state index in [-0.39, 0.29) is 23.9 Å². The number of nitrogens with one attached hydrogen (secondary N) is 1. The molecule has 2 aromatic heterocycles. The van der Waals surface area contributed by atoms with Crippen molar-refractivity contribution in [3.63, 3.8) is 0 Å². The van der Waals surface area contributed by atoms with Crippen molar-refractivity contribution in [3.8, 4) is 17.2 Å². The summed E-state index contributed by atoms with van der Waals surface area (Å²) in [5.41, 5.74) is 2.53. The molecule has 0 unspecified atom stereocenters. The third-order valence-corrected chi connectivity index (χ3v) is 6.29. The first-order valence-electron chi connectivity index (χ1n) is 12.8. The Morgan fingerprint density at radius 2 is 1.90 bits per heavy atom. The van der Waals surface area contributed by atoms with Crippen LogP contribution < -0.4 is 15.0 Å². The van der Waals surface area contributed by atoms with Gasteiger partial charge in [-0.1, -0.05) is 19.0 Å². The number of rotatable bonds is 6. The van der Waals surface area contributed by atoms with Crippen molar-refractivity contribution < 1.29 is 32.0 Å². The molecular formula is C26H31F3N6O4. The first-order chi connectivity index (χ1) is 18.7. The van der Waals surface area contributed by atoms with Gasteiger partial charge in [0.25, 0.3) is 0 Å². The monoisotopic (exact) mass is 548 g/mol. The minimum atomic E-state index is -4.88. The second kappa shape index (κ2) is 11.9. The normalized spacial score (nSPS) is 15.0. The van der Waals surface area contributed by atoms with Crippen LogP contribution in [-0.2, 0) is 17.6 Å². The Kier molecular flexibility index (Phi) is 8.58. The molecule has 39 heavy (non-hydrogen) atoms. The highest BCUT2D eigenvalue weighted by Crippen LogP contribution is 2.38. The van der Waals surface area contributed by atoms with Gasteiger partial charge in [-0.05, 0) is 38.9 Å². The van der Waals surface area contributed by atoms with E-state index in [4.69, 9.17) is 9.26 Å². The zero-order valence-electron chi connectivity index (χ0n) is 22.3. The zero-order chi connectivity index (χ0) is 28.2. The third kappa shape index (κ3) is 6.41. The van der Waals surface area contributed by atoms with Gasteiger partial charge >= 0.3 is 12.3 Å². The number of aryl methyl sites for hydroxylation is 1. The Morgan fingerprint density at radius 1 is 1.15 bits per heavy atom. The highest BCUT2D eigenvalue weighted by molar-refractivity contribution is 5.91. The number of halogens is 3. The number of piperazine rings is 1. The summed E-state index contributed by atoms with van der Waals surface area (Å²) in [5.74, 6) is -0.625. The molecule has 13 heteroatoms. The fraction of sp³-hybridized carbons (Fsp3) is 0.462. The lowest BCUT2D eigenvalue weighted by atomic mass is 9.94. The fourth-order valence-corrected chi connectivity index (χ4v) is 4.40. The Balaban J connectivity index is 0.00000172. The molecule has 0 amide bonds. The van der Waals surface area contributed by atoms with Gasteiger partial charge in [0.2, 0.25) is 5.95 Å². The van der Waals surface area contributed by atoms with Crippen molar-refractivity contribution in [2.24, 2.45) is 0 Å². The Morgan fingerprint density at radius 3 is 2.59 bits per heavy atom. The van der Waals surface area contributed by atoms with Crippen LogP contribution >= 0.6 is 0 Å². The number of carbonyl (C=O) groups excluding carboxylic acids is 1. The van der Waals surface area contributed by atoms with E-state index in [9.17, 15) is 18.0 Å². The molecule has 10 nitrogen and oxygen atoms in total. The average molecular weight is 549 g/mol. The van der Waals surface area contributed by atoms with Gasteiger partial charge < -0.3 is 29.1 Å². The minimum Gasteiger partial charge on any atom is -0.461 e. The largest absolute Gasteiger partial charge is 0.573 e. The van der Waals surface area contributed by atoms with Crippen LogP contribution in [0.2, 0.25) is 0 Å². The van der Waals surface area contributed by atoms with E-state index in [1.807, 2.05) is 25.8 Å². The molecule has 1 aliphatic heterocycles. The van der Waals surface area contributed by atoms with E-state index in [1.165, 1.54) is 12.1 Å². The number of carbonyl (C=O) groups is 1. The maximum Gasteiger partial charge on any atom is 0.573 e. The van der Waals surface area contributed by atoms with Gasteiger partial charge in [-0.25, -0.2) is 14.8 Å². The second-order valence-corrected chi connectivity index (χ2v) is 8.77. The van der Waals surface area contributed by atoms with Crippen LogP contribution in [-0.4, -0.2) is 72.2 Å². The molecule has 0 bridgehead atoms. The molecule has 1 aliphatic carbocycles. The molecule has 2 aliphatic rings. The Hall–Kier alpha value is -3.87. The van der Waals surface area contributed by atoms with Crippen LogP contribution in [0.3, 0.4) is 0 Å². The van der Waals surface area contributed by atoms with Gasteiger partial charge in [0.1, 0.15) is 5.69 Å². The summed E-state index contributed by atoms with van der Waals surface area (Å²) in [4.78, 5) is 25.1. The quantitative estimate of drug-likeness (QED) is 0.431. The van der Waals surface area contributed by atoms with Crippen molar-refractivity contribution in [2.75, 3.05) is 50.1 Å². The number of hydrogen-bond acceptors (Lipinski definition) is 10.